The van der Waals surface area contributed by atoms with Crippen LogP contribution >= 0.6 is 11.3 Å². The summed E-state index contributed by atoms with van der Waals surface area (Å²) in [6.45, 7) is 2.66. The van der Waals surface area contributed by atoms with Crippen LogP contribution in [-0.2, 0) is 6.54 Å². The molecule has 0 atom stereocenters. The van der Waals surface area contributed by atoms with Crippen LogP contribution in [0.5, 0.6) is 0 Å². The molecule has 0 aliphatic heterocycles. The molecule has 0 amide bonds. The minimum atomic E-state index is -0.201. The molecule has 2 nitrogen and oxygen atoms in total. The molecule has 1 aromatic heterocycles. The first kappa shape index (κ1) is 11.2. The SMILES string of the molecule is CNCc1csc(-c2ccc(F)cc2C)n1. The van der Waals surface area contributed by atoms with Crippen molar-refractivity contribution >= 4 is 11.3 Å². The Bertz CT molecular complexity index is 494. The highest BCUT2D eigenvalue weighted by Gasteiger charge is 2.07. The molecule has 0 unspecified atom stereocenters. The number of nitrogens with one attached hydrogen (secondary N) is 1. The van der Waals surface area contributed by atoms with Crippen LogP contribution in [0.3, 0.4) is 0 Å². The average Bonchev–Trinajstić information content (AvgIpc) is 2.67. The molecule has 84 valence electrons. The van der Waals surface area contributed by atoms with E-state index < -0.39 is 0 Å². The van der Waals surface area contributed by atoms with Crippen molar-refractivity contribution in [2.24, 2.45) is 0 Å². The van der Waals surface area contributed by atoms with Crippen molar-refractivity contribution in [3.8, 4) is 10.6 Å². The number of nitrogens with zero attached hydrogens (tertiary/aromatic N) is 1. The highest BCUT2D eigenvalue weighted by atomic mass is 32.1. The number of thiazole rings is 1. The molecule has 1 heterocycles. The summed E-state index contributed by atoms with van der Waals surface area (Å²) in [7, 11) is 1.89. The Kier molecular flexibility index (Phi) is 3.31. The Morgan fingerprint density at radius 1 is 1.44 bits per heavy atom. The highest BCUT2D eigenvalue weighted by molar-refractivity contribution is 7.13. The minimum Gasteiger partial charge on any atom is -0.314 e. The lowest BCUT2D eigenvalue weighted by Gasteiger charge is -2.01. The van der Waals surface area contributed by atoms with E-state index in [-0.39, 0.29) is 5.82 Å². The van der Waals surface area contributed by atoms with E-state index in [4.69, 9.17) is 0 Å². The van der Waals surface area contributed by atoms with Crippen molar-refractivity contribution in [3.05, 3.63) is 40.7 Å². The van der Waals surface area contributed by atoms with E-state index in [1.54, 1.807) is 17.4 Å². The van der Waals surface area contributed by atoms with Gasteiger partial charge in [0.2, 0.25) is 0 Å². The zero-order valence-corrected chi connectivity index (χ0v) is 10.1. The zero-order chi connectivity index (χ0) is 11.5. The number of benzene rings is 1. The predicted molar refractivity (Wildman–Crippen MR) is 65.0 cm³/mol. The first-order valence-corrected chi connectivity index (χ1v) is 5.94. The third-order valence-corrected chi connectivity index (χ3v) is 3.25. The summed E-state index contributed by atoms with van der Waals surface area (Å²) in [5.74, 6) is -0.201. The summed E-state index contributed by atoms with van der Waals surface area (Å²) in [4.78, 5) is 4.49. The molecule has 0 spiro atoms. The molecule has 1 aromatic carbocycles. The first-order chi connectivity index (χ1) is 7.70. The monoisotopic (exact) mass is 236 g/mol. The van der Waals surface area contributed by atoms with Crippen LogP contribution in [0.1, 0.15) is 11.3 Å². The number of hydrogen-bond donors (Lipinski definition) is 1. The van der Waals surface area contributed by atoms with Gasteiger partial charge in [-0.15, -0.1) is 11.3 Å². The summed E-state index contributed by atoms with van der Waals surface area (Å²) in [6.07, 6.45) is 0. The maximum atomic E-state index is 13.0. The molecule has 2 rings (SSSR count). The van der Waals surface area contributed by atoms with Crippen LogP contribution in [0.2, 0.25) is 0 Å². The fourth-order valence-electron chi connectivity index (χ4n) is 1.56. The Labute approximate surface area is 98.2 Å². The van der Waals surface area contributed by atoms with Gasteiger partial charge in [-0.05, 0) is 37.7 Å². The molecule has 16 heavy (non-hydrogen) atoms. The molecule has 0 radical (unpaired) electrons. The van der Waals surface area contributed by atoms with Crippen molar-refractivity contribution < 1.29 is 4.39 Å². The summed E-state index contributed by atoms with van der Waals surface area (Å²) < 4.78 is 13.0. The number of hydrogen-bond acceptors (Lipinski definition) is 3. The molecule has 0 saturated heterocycles. The van der Waals surface area contributed by atoms with Crippen molar-refractivity contribution in [1.29, 1.82) is 0 Å². The number of halogens is 1. The summed E-state index contributed by atoms with van der Waals surface area (Å²) >= 11 is 1.59. The van der Waals surface area contributed by atoms with Gasteiger partial charge in [-0.2, -0.15) is 0 Å². The normalized spacial score (nSPS) is 10.7. The molecule has 2 aromatic rings. The Balaban J connectivity index is 2.35. The second kappa shape index (κ2) is 4.72. The molecule has 1 N–H and O–H groups in total. The lowest BCUT2D eigenvalue weighted by atomic mass is 10.1. The van der Waals surface area contributed by atoms with E-state index in [1.807, 2.05) is 19.4 Å². The van der Waals surface area contributed by atoms with E-state index in [0.717, 1.165) is 28.4 Å². The fraction of sp³-hybridized carbons (Fsp3) is 0.250. The smallest absolute Gasteiger partial charge is 0.123 e. The molecule has 0 aliphatic carbocycles. The maximum absolute atomic E-state index is 13.0. The van der Waals surface area contributed by atoms with Crippen LogP contribution in [0.25, 0.3) is 10.6 Å². The molecular weight excluding hydrogens is 223 g/mol. The van der Waals surface area contributed by atoms with Gasteiger partial charge in [-0.25, -0.2) is 9.37 Å². The maximum Gasteiger partial charge on any atom is 0.123 e. The quantitative estimate of drug-likeness (QED) is 0.886. The lowest BCUT2D eigenvalue weighted by molar-refractivity contribution is 0.627. The molecule has 0 bridgehead atoms. The third kappa shape index (κ3) is 2.28. The number of rotatable bonds is 3. The van der Waals surface area contributed by atoms with Crippen molar-refractivity contribution in [3.63, 3.8) is 0 Å². The van der Waals surface area contributed by atoms with Gasteiger partial charge in [0.25, 0.3) is 0 Å². The van der Waals surface area contributed by atoms with Gasteiger partial charge in [0.1, 0.15) is 10.8 Å². The predicted octanol–water partition coefficient (Wildman–Crippen LogP) is 2.98. The topological polar surface area (TPSA) is 24.9 Å². The van der Waals surface area contributed by atoms with Gasteiger partial charge in [-0.1, -0.05) is 0 Å². The number of aryl methyl sites for hydroxylation is 1. The van der Waals surface area contributed by atoms with Gasteiger partial charge < -0.3 is 5.32 Å². The van der Waals surface area contributed by atoms with E-state index in [1.165, 1.54) is 12.1 Å². The third-order valence-electron chi connectivity index (χ3n) is 2.33. The Morgan fingerprint density at radius 3 is 2.94 bits per heavy atom. The van der Waals surface area contributed by atoms with E-state index >= 15 is 0 Å². The van der Waals surface area contributed by atoms with Crippen LogP contribution < -0.4 is 5.32 Å². The summed E-state index contributed by atoms with van der Waals surface area (Å²) in [5, 5.41) is 6.03. The van der Waals surface area contributed by atoms with Crippen molar-refractivity contribution in [2.45, 2.75) is 13.5 Å². The van der Waals surface area contributed by atoms with E-state index in [9.17, 15) is 4.39 Å². The highest BCUT2D eigenvalue weighted by Crippen LogP contribution is 2.27. The average molecular weight is 236 g/mol. The van der Waals surface area contributed by atoms with Crippen molar-refractivity contribution in [2.75, 3.05) is 7.05 Å². The standard InChI is InChI=1S/C12H13FN2S/c1-8-5-9(13)3-4-11(8)12-15-10(6-14-2)7-16-12/h3-5,7,14H,6H2,1-2H3. The van der Waals surface area contributed by atoms with Crippen LogP contribution in [0.15, 0.2) is 23.6 Å². The van der Waals surface area contributed by atoms with Crippen LogP contribution in [-0.4, -0.2) is 12.0 Å². The van der Waals surface area contributed by atoms with Gasteiger partial charge >= 0.3 is 0 Å². The largest absolute Gasteiger partial charge is 0.314 e. The van der Waals surface area contributed by atoms with Gasteiger partial charge in [0.15, 0.2) is 0 Å². The van der Waals surface area contributed by atoms with Gasteiger partial charge in [-0.3, -0.25) is 0 Å². The van der Waals surface area contributed by atoms with E-state index in [2.05, 4.69) is 10.3 Å². The van der Waals surface area contributed by atoms with E-state index in [0.29, 0.717) is 0 Å². The molecule has 0 aliphatic rings. The first-order valence-electron chi connectivity index (χ1n) is 5.06. The van der Waals surface area contributed by atoms with Gasteiger partial charge in [0.05, 0.1) is 5.69 Å². The zero-order valence-electron chi connectivity index (χ0n) is 9.25. The second-order valence-electron chi connectivity index (χ2n) is 3.63. The minimum absolute atomic E-state index is 0.201. The second-order valence-corrected chi connectivity index (χ2v) is 4.49. The van der Waals surface area contributed by atoms with Crippen LogP contribution in [0.4, 0.5) is 4.39 Å². The molecule has 0 saturated carbocycles. The number of aromatic nitrogens is 1. The Hall–Kier alpha value is -1.26. The molecule has 4 heteroatoms. The van der Waals surface area contributed by atoms with Crippen LogP contribution in [0, 0.1) is 12.7 Å². The van der Waals surface area contributed by atoms with Crippen molar-refractivity contribution in [1.82, 2.24) is 10.3 Å². The lowest BCUT2D eigenvalue weighted by Crippen LogP contribution is -2.04. The summed E-state index contributed by atoms with van der Waals surface area (Å²) in [6, 6.07) is 4.79. The molecular formula is C12H13FN2S. The fourth-order valence-corrected chi connectivity index (χ4v) is 2.47. The summed E-state index contributed by atoms with van der Waals surface area (Å²) in [5.41, 5.74) is 2.95. The molecule has 0 fully saturated rings. The Morgan fingerprint density at radius 2 is 2.25 bits per heavy atom. The van der Waals surface area contributed by atoms with Gasteiger partial charge in [0, 0.05) is 17.5 Å².